The zero-order valence-corrected chi connectivity index (χ0v) is 11.5. The Kier molecular flexibility index (Phi) is 2.81. The molecule has 0 aromatic heterocycles. The fraction of sp³-hybridized carbons (Fsp3) is 0.235. The molecule has 2 aliphatic heterocycles. The number of fused-ring (bicyclic) bond motifs is 2. The van der Waals surface area contributed by atoms with Crippen molar-refractivity contribution in [3.63, 3.8) is 0 Å². The lowest BCUT2D eigenvalue weighted by Crippen LogP contribution is -2.34. The van der Waals surface area contributed by atoms with Crippen molar-refractivity contribution in [3.8, 4) is 0 Å². The smallest absolute Gasteiger partial charge is 0.313 e. The van der Waals surface area contributed by atoms with Crippen LogP contribution in [0, 0.1) is 5.92 Å². The molecule has 1 fully saturated rings. The Bertz CT molecular complexity index is 672. The van der Waals surface area contributed by atoms with Gasteiger partial charge in [-0.15, -0.1) is 0 Å². The summed E-state index contributed by atoms with van der Waals surface area (Å²) < 4.78 is 5.28. The number of esters is 1. The van der Waals surface area contributed by atoms with Crippen molar-refractivity contribution in [1.82, 2.24) is 0 Å². The molecule has 1 saturated heterocycles. The lowest BCUT2D eigenvalue weighted by Gasteiger charge is -2.24. The van der Waals surface area contributed by atoms with Crippen molar-refractivity contribution in [1.29, 1.82) is 0 Å². The van der Waals surface area contributed by atoms with Crippen LogP contribution in [0.4, 0.5) is 11.4 Å². The van der Waals surface area contributed by atoms with Gasteiger partial charge in [0.05, 0.1) is 23.5 Å². The molecule has 0 bridgehead atoms. The number of hydrogen-bond donors (Lipinski definition) is 2. The molecule has 0 amide bonds. The van der Waals surface area contributed by atoms with Gasteiger partial charge in [0.1, 0.15) is 12.5 Å². The topological polar surface area (TPSA) is 50.4 Å². The standard InChI is InChI=1S/C17H16N2O2/c20-17-15-14(10-21-17)18-12-8-4-5-9-13(12)19-16(15)11-6-2-1-3-7-11/h1-9,14-16,18-19H,10H2. The van der Waals surface area contributed by atoms with E-state index >= 15 is 0 Å². The van der Waals surface area contributed by atoms with Crippen LogP contribution in [0.25, 0.3) is 0 Å². The van der Waals surface area contributed by atoms with E-state index in [1.807, 2.05) is 54.6 Å². The number of benzene rings is 2. The third-order valence-electron chi connectivity index (χ3n) is 4.21. The minimum atomic E-state index is -0.222. The van der Waals surface area contributed by atoms with Gasteiger partial charge in [0.25, 0.3) is 0 Å². The maximum Gasteiger partial charge on any atom is 0.313 e. The van der Waals surface area contributed by atoms with E-state index in [1.54, 1.807) is 0 Å². The van der Waals surface area contributed by atoms with Crippen molar-refractivity contribution in [2.24, 2.45) is 5.92 Å². The van der Waals surface area contributed by atoms with Crippen molar-refractivity contribution in [2.45, 2.75) is 12.1 Å². The van der Waals surface area contributed by atoms with Crippen LogP contribution in [0.5, 0.6) is 0 Å². The minimum Gasteiger partial charge on any atom is -0.463 e. The summed E-state index contributed by atoms with van der Waals surface area (Å²) >= 11 is 0. The molecule has 2 aliphatic rings. The summed E-state index contributed by atoms with van der Waals surface area (Å²) in [7, 11) is 0. The van der Waals surface area contributed by atoms with E-state index in [0.29, 0.717) is 6.61 Å². The monoisotopic (exact) mass is 280 g/mol. The molecule has 4 nitrogen and oxygen atoms in total. The maximum atomic E-state index is 12.2. The summed E-state index contributed by atoms with van der Waals surface area (Å²) in [6.07, 6.45) is 0. The Hall–Kier alpha value is -2.49. The second kappa shape index (κ2) is 4.81. The van der Waals surface area contributed by atoms with Gasteiger partial charge in [-0.3, -0.25) is 4.79 Å². The normalized spacial score (nSPS) is 26.7. The third-order valence-corrected chi connectivity index (χ3v) is 4.21. The number of carbonyl (C=O) groups excluding carboxylic acids is 1. The van der Waals surface area contributed by atoms with Gasteiger partial charge in [0, 0.05) is 0 Å². The van der Waals surface area contributed by atoms with Crippen LogP contribution < -0.4 is 10.6 Å². The number of hydrogen-bond acceptors (Lipinski definition) is 4. The number of ether oxygens (including phenoxy) is 1. The van der Waals surface area contributed by atoms with Crippen LogP contribution in [-0.4, -0.2) is 18.6 Å². The first-order chi connectivity index (χ1) is 10.3. The van der Waals surface area contributed by atoms with Gasteiger partial charge in [-0.25, -0.2) is 0 Å². The molecule has 4 rings (SSSR count). The molecule has 106 valence electrons. The highest BCUT2D eigenvalue weighted by atomic mass is 16.5. The zero-order valence-electron chi connectivity index (χ0n) is 11.5. The number of carbonyl (C=O) groups is 1. The highest BCUT2D eigenvalue weighted by Gasteiger charge is 2.45. The molecule has 2 aromatic rings. The van der Waals surface area contributed by atoms with Gasteiger partial charge in [0.15, 0.2) is 0 Å². The third kappa shape index (κ3) is 2.03. The molecular weight excluding hydrogens is 264 g/mol. The first kappa shape index (κ1) is 12.3. The summed E-state index contributed by atoms with van der Waals surface area (Å²) in [5, 5.41) is 6.96. The largest absolute Gasteiger partial charge is 0.463 e. The minimum absolute atomic E-state index is 0.00106. The first-order valence-corrected chi connectivity index (χ1v) is 7.16. The number of para-hydroxylation sites is 2. The van der Waals surface area contributed by atoms with Gasteiger partial charge >= 0.3 is 5.97 Å². The lowest BCUT2D eigenvalue weighted by molar-refractivity contribution is -0.141. The molecule has 2 heterocycles. The van der Waals surface area contributed by atoms with Crippen LogP contribution in [0.1, 0.15) is 11.6 Å². The highest BCUT2D eigenvalue weighted by Crippen LogP contribution is 2.39. The van der Waals surface area contributed by atoms with E-state index in [4.69, 9.17) is 4.74 Å². The molecule has 0 radical (unpaired) electrons. The van der Waals surface area contributed by atoms with E-state index in [9.17, 15) is 4.79 Å². The summed E-state index contributed by atoms with van der Waals surface area (Å²) in [6, 6.07) is 18.0. The predicted molar refractivity (Wildman–Crippen MR) is 81.1 cm³/mol. The van der Waals surface area contributed by atoms with E-state index < -0.39 is 0 Å². The summed E-state index contributed by atoms with van der Waals surface area (Å²) in [4.78, 5) is 12.2. The highest BCUT2D eigenvalue weighted by molar-refractivity contribution is 5.81. The Balaban J connectivity index is 1.81. The molecule has 0 spiro atoms. The van der Waals surface area contributed by atoms with Crippen LogP contribution in [0.15, 0.2) is 54.6 Å². The van der Waals surface area contributed by atoms with Gasteiger partial charge in [-0.2, -0.15) is 0 Å². The second-order valence-corrected chi connectivity index (χ2v) is 5.48. The Labute approximate surface area is 123 Å². The number of rotatable bonds is 1. The quantitative estimate of drug-likeness (QED) is 0.789. The second-order valence-electron chi connectivity index (χ2n) is 5.48. The van der Waals surface area contributed by atoms with Gasteiger partial charge < -0.3 is 15.4 Å². The van der Waals surface area contributed by atoms with E-state index in [-0.39, 0.29) is 24.0 Å². The van der Waals surface area contributed by atoms with Crippen LogP contribution in [0.2, 0.25) is 0 Å². The van der Waals surface area contributed by atoms with Crippen LogP contribution in [-0.2, 0) is 9.53 Å². The number of nitrogens with one attached hydrogen (secondary N) is 2. The summed E-state index contributed by atoms with van der Waals surface area (Å²) in [6.45, 7) is 0.419. The molecule has 0 saturated carbocycles. The van der Waals surface area contributed by atoms with Gasteiger partial charge in [-0.05, 0) is 17.7 Å². The van der Waals surface area contributed by atoms with Crippen molar-refractivity contribution in [3.05, 3.63) is 60.2 Å². The summed E-state index contributed by atoms with van der Waals surface area (Å²) in [5.74, 6) is -0.360. The molecular formula is C17H16N2O2. The molecule has 0 aliphatic carbocycles. The SMILES string of the molecule is O=C1OCC2Nc3ccccc3NC(c3ccccc3)C12. The van der Waals surface area contributed by atoms with Crippen molar-refractivity contribution in [2.75, 3.05) is 17.2 Å². The van der Waals surface area contributed by atoms with Crippen molar-refractivity contribution < 1.29 is 9.53 Å². The van der Waals surface area contributed by atoms with Crippen LogP contribution in [0.3, 0.4) is 0 Å². The molecule has 3 atom stereocenters. The number of cyclic esters (lactones) is 1. The van der Waals surface area contributed by atoms with E-state index in [0.717, 1.165) is 16.9 Å². The predicted octanol–water partition coefficient (Wildman–Crippen LogP) is 2.81. The van der Waals surface area contributed by atoms with Crippen molar-refractivity contribution >= 4 is 17.3 Å². The van der Waals surface area contributed by atoms with Gasteiger partial charge in [-0.1, -0.05) is 42.5 Å². The molecule has 3 unspecified atom stereocenters. The zero-order chi connectivity index (χ0) is 14.2. The average Bonchev–Trinajstić information content (AvgIpc) is 2.80. The molecule has 2 N–H and O–H groups in total. The summed E-state index contributed by atoms with van der Waals surface area (Å²) in [5.41, 5.74) is 3.14. The molecule has 4 heteroatoms. The lowest BCUT2D eigenvalue weighted by atomic mass is 9.89. The first-order valence-electron chi connectivity index (χ1n) is 7.16. The molecule has 2 aromatic carbocycles. The van der Waals surface area contributed by atoms with Crippen LogP contribution >= 0.6 is 0 Å². The Morgan fingerprint density at radius 1 is 0.905 bits per heavy atom. The fourth-order valence-corrected chi connectivity index (χ4v) is 3.18. The Morgan fingerprint density at radius 2 is 1.57 bits per heavy atom. The van der Waals surface area contributed by atoms with E-state index in [1.165, 1.54) is 0 Å². The van der Waals surface area contributed by atoms with Gasteiger partial charge in [0.2, 0.25) is 0 Å². The Morgan fingerprint density at radius 3 is 2.33 bits per heavy atom. The molecule has 21 heavy (non-hydrogen) atoms. The number of anilines is 2. The fourth-order valence-electron chi connectivity index (χ4n) is 3.18. The van der Waals surface area contributed by atoms with E-state index in [2.05, 4.69) is 10.6 Å². The maximum absolute atomic E-state index is 12.2. The average molecular weight is 280 g/mol.